The van der Waals surface area contributed by atoms with Crippen LogP contribution in [0.4, 0.5) is 5.69 Å². The van der Waals surface area contributed by atoms with E-state index in [1.807, 2.05) is 6.19 Å². The van der Waals surface area contributed by atoms with E-state index >= 15 is 0 Å². The predicted octanol–water partition coefficient (Wildman–Crippen LogP) is 2.97. The average Bonchev–Trinajstić information content (AvgIpc) is 2.40. The summed E-state index contributed by atoms with van der Waals surface area (Å²) in [5.41, 5.74) is 1.73. The topological polar surface area (TPSA) is 74.5 Å². The fourth-order valence-corrected chi connectivity index (χ4v) is 2.17. The number of nitrogens with zero attached hydrogens (tertiary/aromatic N) is 2. The van der Waals surface area contributed by atoms with Gasteiger partial charge in [-0.3, -0.25) is 5.32 Å². The molecule has 0 heterocycles. The molecule has 1 aromatic carbocycles. The standard InChI is InChI=1S/C12H12BrN3O2S/c1-7-9(11(17)18-2)4-8(13)5-10(7)16-12(19-3)15-6-14/h4-5H,1-3H3,(H,15,16). The molecule has 0 radical (unpaired) electrons. The molecule has 0 aliphatic rings. The van der Waals surface area contributed by atoms with Gasteiger partial charge in [-0.2, -0.15) is 5.26 Å². The Balaban J connectivity index is 3.33. The van der Waals surface area contributed by atoms with Crippen molar-refractivity contribution < 1.29 is 9.53 Å². The van der Waals surface area contributed by atoms with E-state index in [-0.39, 0.29) is 0 Å². The van der Waals surface area contributed by atoms with Crippen molar-refractivity contribution in [2.75, 3.05) is 13.4 Å². The highest BCUT2D eigenvalue weighted by atomic mass is 79.9. The van der Waals surface area contributed by atoms with E-state index in [0.717, 1.165) is 4.47 Å². The Hall–Kier alpha value is -1.52. The largest absolute Gasteiger partial charge is 0.465 e. The lowest BCUT2D eigenvalue weighted by atomic mass is 10.1. The molecule has 0 bridgehead atoms. The van der Waals surface area contributed by atoms with Gasteiger partial charge < -0.3 is 4.74 Å². The van der Waals surface area contributed by atoms with E-state index in [4.69, 9.17) is 10.00 Å². The summed E-state index contributed by atoms with van der Waals surface area (Å²) in [6.07, 6.45) is 3.62. The van der Waals surface area contributed by atoms with Gasteiger partial charge in [0.15, 0.2) is 11.4 Å². The van der Waals surface area contributed by atoms with Crippen LogP contribution in [0.5, 0.6) is 0 Å². The van der Waals surface area contributed by atoms with Crippen molar-refractivity contribution in [3.63, 3.8) is 0 Å². The Morgan fingerprint density at radius 2 is 2.26 bits per heavy atom. The molecule has 7 heteroatoms. The molecule has 0 atom stereocenters. The summed E-state index contributed by atoms with van der Waals surface area (Å²) < 4.78 is 5.44. The number of methoxy groups -OCH3 is 1. The molecular formula is C12H12BrN3O2S. The number of rotatable bonds is 2. The number of aliphatic imine (C=N–C) groups is 1. The first-order valence-corrected chi connectivity index (χ1v) is 7.21. The maximum Gasteiger partial charge on any atom is 0.338 e. The Morgan fingerprint density at radius 3 is 2.79 bits per heavy atom. The summed E-state index contributed by atoms with van der Waals surface area (Å²) in [5.74, 6) is -0.422. The first kappa shape index (κ1) is 15.5. The first-order chi connectivity index (χ1) is 9.03. The molecule has 5 nitrogen and oxygen atoms in total. The molecule has 0 unspecified atom stereocenters. The normalized spacial score (nSPS) is 10.8. The summed E-state index contributed by atoms with van der Waals surface area (Å²) in [4.78, 5) is 16.0. The van der Waals surface area contributed by atoms with E-state index in [2.05, 4.69) is 26.2 Å². The number of benzene rings is 1. The summed E-state index contributed by atoms with van der Waals surface area (Å²) in [7, 11) is 1.33. The maximum atomic E-state index is 11.7. The molecule has 1 rings (SSSR count). The van der Waals surface area contributed by atoms with Gasteiger partial charge in [0.1, 0.15) is 0 Å². The fraction of sp³-hybridized carbons (Fsp3) is 0.250. The van der Waals surface area contributed by atoms with Gasteiger partial charge in [-0.25, -0.2) is 9.79 Å². The number of hydrogen-bond donors (Lipinski definition) is 1. The van der Waals surface area contributed by atoms with Crippen LogP contribution in [0.25, 0.3) is 0 Å². The van der Waals surface area contributed by atoms with Crippen molar-refractivity contribution in [1.82, 2.24) is 5.32 Å². The van der Waals surface area contributed by atoms with Gasteiger partial charge >= 0.3 is 5.97 Å². The second-order valence-corrected chi connectivity index (χ2v) is 5.16. The summed E-state index contributed by atoms with van der Waals surface area (Å²) in [5, 5.41) is 11.5. The molecule has 19 heavy (non-hydrogen) atoms. The number of amidine groups is 1. The van der Waals surface area contributed by atoms with E-state index < -0.39 is 5.97 Å². The molecular weight excluding hydrogens is 330 g/mol. The van der Waals surface area contributed by atoms with E-state index in [1.54, 1.807) is 25.3 Å². The maximum absolute atomic E-state index is 11.7. The highest BCUT2D eigenvalue weighted by Gasteiger charge is 2.14. The average molecular weight is 342 g/mol. The molecule has 100 valence electrons. The third-order valence-electron chi connectivity index (χ3n) is 2.33. The molecule has 0 saturated carbocycles. The van der Waals surface area contributed by atoms with Gasteiger partial charge in [0, 0.05) is 4.47 Å². The number of carbonyl (C=O) groups is 1. The summed E-state index contributed by atoms with van der Waals surface area (Å²) >= 11 is 4.64. The Kier molecular flexibility index (Phi) is 5.86. The lowest BCUT2D eigenvalue weighted by Gasteiger charge is -2.09. The van der Waals surface area contributed by atoms with Crippen LogP contribution >= 0.6 is 27.7 Å². The van der Waals surface area contributed by atoms with Crippen LogP contribution in [0.3, 0.4) is 0 Å². The molecule has 0 amide bonds. The third-order valence-corrected chi connectivity index (χ3v) is 3.37. The van der Waals surface area contributed by atoms with E-state index in [0.29, 0.717) is 22.0 Å². The van der Waals surface area contributed by atoms with Crippen molar-refractivity contribution in [3.05, 3.63) is 27.7 Å². The molecule has 0 aliphatic carbocycles. The van der Waals surface area contributed by atoms with Gasteiger partial charge in [0.25, 0.3) is 0 Å². The van der Waals surface area contributed by atoms with Crippen LogP contribution in [0.2, 0.25) is 0 Å². The van der Waals surface area contributed by atoms with Gasteiger partial charge in [0.2, 0.25) is 0 Å². The van der Waals surface area contributed by atoms with E-state index in [1.165, 1.54) is 18.9 Å². The Bertz CT molecular complexity index is 567. The molecule has 0 fully saturated rings. The number of hydrogen-bond acceptors (Lipinski definition) is 5. The minimum Gasteiger partial charge on any atom is -0.465 e. The van der Waals surface area contributed by atoms with Gasteiger partial charge in [-0.05, 0) is 30.9 Å². The van der Waals surface area contributed by atoms with Crippen molar-refractivity contribution in [1.29, 1.82) is 5.26 Å². The number of halogens is 1. The van der Waals surface area contributed by atoms with Crippen molar-refractivity contribution in [3.8, 4) is 6.19 Å². The Labute approximate surface area is 124 Å². The third kappa shape index (κ3) is 3.98. The van der Waals surface area contributed by atoms with Crippen LogP contribution in [0.1, 0.15) is 15.9 Å². The first-order valence-electron chi connectivity index (χ1n) is 5.19. The predicted molar refractivity (Wildman–Crippen MR) is 79.6 cm³/mol. The second-order valence-electron chi connectivity index (χ2n) is 3.45. The summed E-state index contributed by atoms with van der Waals surface area (Å²) in [6, 6.07) is 3.45. The minimum atomic E-state index is -0.422. The Morgan fingerprint density at radius 1 is 1.58 bits per heavy atom. The smallest absolute Gasteiger partial charge is 0.338 e. The van der Waals surface area contributed by atoms with Gasteiger partial charge in [0.05, 0.1) is 18.4 Å². The van der Waals surface area contributed by atoms with Gasteiger partial charge in [-0.15, -0.1) is 0 Å². The minimum absolute atomic E-state index is 0.422. The van der Waals surface area contributed by atoms with E-state index in [9.17, 15) is 4.79 Å². The lowest BCUT2D eigenvalue weighted by Crippen LogP contribution is -2.12. The van der Waals surface area contributed by atoms with Crippen molar-refractivity contribution in [2.24, 2.45) is 4.99 Å². The molecule has 0 spiro atoms. The van der Waals surface area contributed by atoms with Crippen LogP contribution in [-0.2, 0) is 4.74 Å². The zero-order valence-corrected chi connectivity index (χ0v) is 13.1. The van der Waals surface area contributed by atoms with Crippen molar-refractivity contribution >= 4 is 44.5 Å². The molecule has 1 N–H and O–H groups in total. The fourth-order valence-electron chi connectivity index (χ4n) is 1.38. The molecule has 0 saturated heterocycles. The van der Waals surface area contributed by atoms with Crippen LogP contribution in [-0.4, -0.2) is 24.5 Å². The summed E-state index contributed by atoms with van der Waals surface area (Å²) in [6.45, 7) is 1.78. The number of carbonyl (C=O) groups excluding carboxylic acids is 1. The van der Waals surface area contributed by atoms with Gasteiger partial charge in [-0.1, -0.05) is 27.7 Å². The number of thioether (sulfide) groups is 1. The highest BCUT2D eigenvalue weighted by molar-refractivity contribution is 9.10. The molecule has 0 aliphatic heterocycles. The van der Waals surface area contributed by atoms with Crippen LogP contribution in [0.15, 0.2) is 21.6 Å². The van der Waals surface area contributed by atoms with Crippen molar-refractivity contribution in [2.45, 2.75) is 6.92 Å². The lowest BCUT2D eigenvalue weighted by molar-refractivity contribution is 0.0600. The zero-order chi connectivity index (χ0) is 14.4. The molecule has 0 aromatic heterocycles. The van der Waals surface area contributed by atoms with Crippen LogP contribution in [0, 0.1) is 18.4 Å². The highest BCUT2D eigenvalue weighted by Crippen LogP contribution is 2.28. The number of nitrogens with one attached hydrogen (secondary N) is 1. The SMILES string of the molecule is COC(=O)c1cc(Br)cc(N=C(NC#N)SC)c1C. The number of ether oxygens (including phenoxy) is 1. The monoisotopic (exact) mass is 341 g/mol. The van der Waals surface area contributed by atoms with Crippen LogP contribution < -0.4 is 5.32 Å². The number of esters is 1. The second kappa shape index (κ2) is 7.16. The quantitative estimate of drug-likeness (QED) is 0.294. The zero-order valence-electron chi connectivity index (χ0n) is 10.7. The molecule has 1 aromatic rings. The number of nitriles is 1.